The molecule has 0 amide bonds. The average Bonchev–Trinajstić information content (AvgIpc) is 2.98. The summed E-state index contributed by atoms with van der Waals surface area (Å²) < 4.78 is 2.79. The molecule has 0 radical (unpaired) electrons. The summed E-state index contributed by atoms with van der Waals surface area (Å²) >= 11 is 3.52. The smallest absolute Gasteiger partial charge is 0.263 e. The van der Waals surface area contributed by atoms with Crippen LogP contribution in [0.5, 0.6) is 0 Å². The van der Waals surface area contributed by atoms with Gasteiger partial charge in [0, 0.05) is 36.8 Å². The monoisotopic (exact) mass is 416 g/mol. The first-order valence-corrected chi connectivity index (χ1v) is 9.42. The van der Waals surface area contributed by atoms with Gasteiger partial charge in [0.25, 0.3) is 5.56 Å². The summed E-state index contributed by atoms with van der Waals surface area (Å²) in [7, 11) is 2.10. The molecule has 8 heteroatoms. The van der Waals surface area contributed by atoms with Crippen LogP contribution < -0.4 is 10.5 Å². The summed E-state index contributed by atoms with van der Waals surface area (Å²) in [5.41, 5.74) is 3.47. The topological polar surface area (TPSA) is 70.1 Å². The minimum absolute atomic E-state index is 0.150. The molecule has 0 bridgehead atoms. The molecule has 136 valence electrons. The van der Waals surface area contributed by atoms with Crippen molar-refractivity contribution in [3.63, 3.8) is 0 Å². The van der Waals surface area contributed by atoms with Gasteiger partial charge in [-0.1, -0.05) is 15.9 Å². The maximum Gasteiger partial charge on any atom is 0.263 e. The predicted octanol–water partition coefficient (Wildman–Crippen LogP) is 2.24. The first-order chi connectivity index (χ1) is 12.4. The van der Waals surface area contributed by atoms with Crippen molar-refractivity contribution in [2.45, 2.75) is 13.8 Å². The number of nitrogens with one attached hydrogen (secondary N) is 1. The normalized spacial score (nSPS) is 15.8. The number of H-pyrrole nitrogens is 1. The van der Waals surface area contributed by atoms with E-state index in [1.165, 1.54) is 0 Å². The van der Waals surface area contributed by atoms with Gasteiger partial charge in [0.05, 0.1) is 5.69 Å². The van der Waals surface area contributed by atoms with Crippen molar-refractivity contribution in [1.29, 1.82) is 0 Å². The Bertz CT molecular complexity index is 1010. The number of hydrogen-bond acceptors (Lipinski definition) is 5. The van der Waals surface area contributed by atoms with E-state index in [1.807, 2.05) is 26.0 Å². The van der Waals surface area contributed by atoms with Crippen molar-refractivity contribution in [2.24, 2.45) is 0 Å². The largest absolute Gasteiger partial charge is 0.340 e. The van der Waals surface area contributed by atoms with Gasteiger partial charge < -0.3 is 9.80 Å². The molecule has 1 fully saturated rings. The Kier molecular flexibility index (Phi) is 4.32. The van der Waals surface area contributed by atoms with Crippen molar-refractivity contribution >= 4 is 32.9 Å². The minimum atomic E-state index is -0.150. The van der Waals surface area contributed by atoms with E-state index in [1.54, 1.807) is 10.9 Å². The number of aromatic nitrogens is 4. The molecule has 0 aliphatic carbocycles. The molecule has 26 heavy (non-hydrogen) atoms. The lowest BCUT2D eigenvalue weighted by atomic mass is 10.1. The Hall–Kier alpha value is -2.19. The third-order valence-corrected chi connectivity index (χ3v) is 5.32. The summed E-state index contributed by atoms with van der Waals surface area (Å²) in [5.74, 6) is 0.602. The molecule has 0 saturated carbocycles. The Balaban J connectivity index is 1.79. The van der Waals surface area contributed by atoms with Crippen LogP contribution in [0.1, 0.15) is 11.1 Å². The summed E-state index contributed by atoms with van der Waals surface area (Å²) in [6.45, 7) is 7.66. The third-order valence-electron chi connectivity index (χ3n) is 4.86. The maximum absolute atomic E-state index is 12.6. The fourth-order valence-corrected chi connectivity index (χ4v) is 4.14. The van der Waals surface area contributed by atoms with Crippen molar-refractivity contribution in [2.75, 3.05) is 38.1 Å². The van der Waals surface area contributed by atoms with Crippen molar-refractivity contribution in [3.8, 4) is 5.69 Å². The van der Waals surface area contributed by atoms with Gasteiger partial charge in [-0.3, -0.25) is 9.78 Å². The number of likely N-dealkylation sites (N-methyl/N-ethyl adjacent to an activating group) is 1. The maximum atomic E-state index is 12.6. The van der Waals surface area contributed by atoms with E-state index in [0.717, 1.165) is 47.5 Å². The van der Waals surface area contributed by atoms with Crippen LogP contribution in [-0.4, -0.2) is 57.9 Å². The molecule has 1 aromatic carbocycles. The summed E-state index contributed by atoms with van der Waals surface area (Å²) in [5, 5.41) is 5.10. The van der Waals surface area contributed by atoms with E-state index in [2.05, 4.69) is 47.8 Å². The zero-order chi connectivity index (χ0) is 18.4. The highest BCUT2D eigenvalue weighted by Crippen LogP contribution is 2.24. The number of hydrogen-bond donors (Lipinski definition) is 1. The molecule has 3 aromatic rings. The van der Waals surface area contributed by atoms with E-state index < -0.39 is 0 Å². The third kappa shape index (κ3) is 3.03. The first kappa shape index (κ1) is 17.2. The number of anilines is 1. The van der Waals surface area contributed by atoms with Crippen molar-refractivity contribution in [3.05, 3.63) is 44.3 Å². The molecule has 1 N–H and O–H groups in total. The van der Waals surface area contributed by atoms with Crippen LogP contribution in [0.15, 0.2) is 27.6 Å². The molecule has 0 spiro atoms. The van der Waals surface area contributed by atoms with E-state index >= 15 is 0 Å². The van der Waals surface area contributed by atoms with E-state index in [0.29, 0.717) is 17.0 Å². The van der Waals surface area contributed by atoms with Gasteiger partial charge in [-0.25, -0.2) is 4.68 Å². The lowest BCUT2D eigenvalue weighted by Gasteiger charge is -2.32. The molecule has 0 unspecified atom stereocenters. The number of aromatic amines is 1. The Morgan fingerprint density at radius 1 is 1.12 bits per heavy atom. The molecule has 1 aliphatic heterocycles. The molecular weight excluding hydrogens is 396 g/mol. The van der Waals surface area contributed by atoms with Gasteiger partial charge in [0.2, 0.25) is 5.95 Å². The van der Waals surface area contributed by atoms with Crippen LogP contribution in [0.4, 0.5) is 5.95 Å². The standard InChI is InChI=1S/C18H21BrN6O/c1-11-8-13(19)9-12(2)15(11)25-10-14-16(22-25)20-18(21-17(14)26)24-6-4-23(3)5-7-24/h8-10H,4-7H2,1-3H3,(H,20,21,22,26). The highest BCUT2D eigenvalue weighted by atomic mass is 79.9. The number of aryl methyl sites for hydroxylation is 2. The quantitative estimate of drug-likeness (QED) is 0.693. The van der Waals surface area contributed by atoms with Crippen LogP contribution in [0.3, 0.4) is 0 Å². The highest BCUT2D eigenvalue weighted by molar-refractivity contribution is 9.10. The highest BCUT2D eigenvalue weighted by Gasteiger charge is 2.19. The lowest BCUT2D eigenvalue weighted by Crippen LogP contribution is -2.45. The van der Waals surface area contributed by atoms with Gasteiger partial charge in [-0.15, -0.1) is 5.10 Å². The number of fused-ring (bicyclic) bond motifs is 1. The van der Waals surface area contributed by atoms with Crippen LogP contribution in [0.2, 0.25) is 0 Å². The number of benzene rings is 1. The van der Waals surface area contributed by atoms with Gasteiger partial charge >= 0.3 is 0 Å². The van der Waals surface area contributed by atoms with Crippen LogP contribution in [-0.2, 0) is 0 Å². The summed E-state index contributed by atoms with van der Waals surface area (Å²) in [6.07, 6.45) is 1.76. The lowest BCUT2D eigenvalue weighted by molar-refractivity contribution is 0.311. The fraction of sp³-hybridized carbons (Fsp3) is 0.389. The molecule has 2 aromatic heterocycles. The van der Waals surface area contributed by atoms with E-state index in [9.17, 15) is 4.79 Å². The zero-order valence-corrected chi connectivity index (χ0v) is 16.7. The predicted molar refractivity (Wildman–Crippen MR) is 106 cm³/mol. The van der Waals surface area contributed by atoms with E-state index in [-0.39, 0.29) is 5.56 Å². The van der Waals surface area contributed by atoms with E-state index in [4.69, 9.17) is 0 Å². The Morgan fingerprint density at radius 3 is 2.42 bits per heavy atom. The van der Waals surface area contributed by atoms with Crippen molar-refractivity contribution in [1.82, 2.24) is 24.6 Å². The molecule has 7 nitrogen and oxygen atoms in total. The number of piperazine rings is 1. The zero-order valence-electron chi connectivity index (χ0n) is 15.1. The van der Waals surface area contributed by atoms with Gasteiger partial charge in [-0.2, -0.15) is 4.98 Å². The van der Waals surface area contributed by atoms with Crippen LogP contribution >= 0.6 is 15.9 Å². The van der Waals surface area contributed by atoms with Gasteiger partial charge in [0.1, 0.15) is 5.39 Å². The Labute approximate surface area is 159 Å². The fourth-order valence-electron chi connectivity index (χ4n) is 3.45. The molecule has 4 rings (SSSR count). The van der Waals surface area contributed by atoms with Crippen LogP contribution in [0.25, 0.3) is 16.7 Å². The Morgan fingerprint density at radius 2 is 1.77 bits per heavy atom. The molecule has 3 heterocycles. The number of nitrogens with zero attached hydrogens (tertiary/aromatic N) is 5. The second-order valence-electron chi connectivity index (χ2n) is 6.88. The van der Waals surface area contributed by atoms with Gasteiger partial charge in [-0.05, 0) is 44.2 Å². The molecule has 1 aliphatic rings. The number of halogens is 1. The second-order valence-corrected chi connectivity index (χ2v) is 7.79. The summed E-state index contributed by atoms with van der Waals surface area (Å²) in [6, 6.07) is 4.09. The second kappa shape index (κ2) is 6.51. The minimum Gasteiger partial charge on any atom is -0.340 e. The van der Waals surface area contributed by atoms with Gasteiger partial charge in [0.15, 0.2) is 5.65 Å². The first-order valence-electron chi connectivity index (χ1n) is 8.62. The molecular formula is C18H21BrN6O. The van der Waals surface area contributed by atoms with Crippen LogP contribution in [0, 0.1) is 13.8 Å². The number of rotatable bonds is 2. The SMILES string of the molecule is Cc1cc(Br)cc(C)c1-n1cc2c(=O)[nH]c(N3CCN(C)CC3)nc2n1. The summed E-state index contributed by atoms with van der Waals surface area (Å²) in [4.78, 5) is 24.5. The average molecular weight is 417 g/mol. The molecule has 0 atom stereocenters. The molecule has 1 saturated heterocycles. The van der Waals surface area contributed by atoms with Crippen molar-refractivity contribution < 1.29 is 0 Å².